The van der Waals surface area contributed by atoms with Crippen LogP contribution < -0.4 is 14.5 Å². The molecule has 0 atom stereocenters. The van der Waals surface area contributed by atoms with Gasteiger partial charge in [-0.2, -0.15) is 0 Å². The third kappa shape index (κ3) is 7.14. The number of rotatable bonds is 7. The first-order valence-electron chi connectivity index (χ1n) is 22.4. The number of hydrogen-bond donors (Lipinski definition) is 0. The fraction of sp³-hybridized carbons (Fsp3) is 0.190. The molecule has 316 valence electrons. The number of nitrogens with zero attached hydrogens (tertiary/aromatic N) is 4. The Morgan fingerprint density at radius 3 is 1.88 bits per heavy atom. The molecule has 0 amide bonds. The van der Waals surface area contributed by atoms with E-state index in [2.05, 4.69) is 226 Å². The summed E-state index contributed by atoms with van der Waals surface area (Å²) >= 11 is -0.0964. The Balaban J connectivity index is 0.995. The average molecular weight is 949 g/mol. The van der Waals surface area contributed by atoms with Gasteiger partial charge in [-0.25, -0.2) is 0 Å². The molecule has 0 saturated carbocycles. The van der Waals surface area contributed by atoms with Crippen molar-refractivity contribution in [3.63, 3.8) is 0 Å². The summed E-state index contributed by atoms with van der Waals surface area (Å²) in [6, 6.07) is 61.4. The first-order chi connectivity index (χ1) is 31.0. The van der Waals surface area contributed by atoms with E-state index < -0.39 is 0 Å². The number of hydrogen-bond acceptors (Lipinski definition) is 4. The average Bonchev–Trinajstić information content (AvgIpc) is 4.02. The van der Waals surface area contributed by atoms with Crippen molar-refractivity contribution in [3.8, 4) is 39.6 Å². The van der Waals surface area contributed by atoms with E-state index in [9.17, 15) is 0 Å². The topological polar surface area (TPSA) is 33.5 Å². The van der Waals surface area contributed by atoms with E-state index in [1.54, 1.807) is 0 Å². The summed E-state index contributed by atoms with van der Waals surface area (Å²) in [7, 11) is 0. The molecule has 2 aromatic heterocycles. The molecule has 9 aromatic rings. The van der Waals surface area contributed by atoms with E-state index in [0.29, 0.717) is 6.67 Å². The van der Waals surface area contributed by atoms with Gasteiger partial charge in [0.25, 0.3) is 0 Å². The monoisotopic (exact) mass is 950 g/mol. The fourth-order valence-electron chi connectivity index (χ4n) is 9.71. The van der Waals surface area contributed by atoms with Crippen LogP contribution in [0.25, 0.3) is 49.9 Å². The summed E-state index contributed by atoms with van der Waals surface area (Å²) in [5.41, 5.74) is 17.2. The summed E-state index contributed by atoms with van der Waals surface area (Å²) in [5, 5.41) is 2.45. The van der Waals surface area contributed by atoms with E-state index in [0.717, 1.165) is 38.7 Å². The molecule has 64 heavy (non-hydrogen) atoms. The standard InChI is InChI=1S/C58H52N4OTe/c1-57(2,3)40-27-30-51-47(31-40)46-29-28-43(33-54(46)62(51)55-34-49(58(4,5)6)48-35-64-36-50(48)59-55)63-42-22-15-21-41(32-42)60-37-61(53-26-14-13-25-52(53)60)56-44(38-17-9-7-10-18-38)23-16-24-45(56)39-19-11-8-12-20-39/h7-34H,35-37H2,1-6H3. The molecule has 0 unspecified atom stereocenters. The zero-order valence-corrected chi connectivity index (χ0v) is 39.7. The van der Waals surface area contributed by atoms with Crippen molar-refractivity contribution in [2.24, 2.45) is 0 Å². The van der Waals surface area contributed by atoms with E-state index in [-0.39, 0.29) is 31.8 Å². The second-order valence-electron chi connectivity index (χ2n) is 19.2. The molecule has 0 spiro atoms. The van der Waals surface area contributed by atoms with Crippen molar-refractivity contribution >= 4 is 65.5 Å². The van der Waals surface area contributed by atoms with Gasteiger partial charge in [0.1, 0.15) is 6.67 Å². The molecule has 0 fully saturated rings. The Hall–Kier alpha value is -6.32. The minimum atomic E-state index is -0.0964. The first kappa shape index (κ1) is 40.5. The van der Waals surface area contributed by atoms with Gasteiger partial charge in [0.15, 0.2) is 0 Å². The summed E-state index contributed by atoms with van der Waals surface area (Å²) in [6.07, 6.45) is 0. The van der Waals surface area contributed by atoms with Crippen LogP contribution in [-0.2, 0) is 19.8 Å². The first-order valence-corrected chi connectivity index (χ1v) is 25.7. The fourth-order valence-corrected chi connectivity index (χ4v) is 12.7. The molecule has 11 rings (SSSR count). The number of para-hydroxylation sites is 3. The van der Waals surface area contributed by atoms with Crippen molar-refractivity contribution < 1.29 is 4.74 Å². The Labute approximate surface area is 387 Å². The van der Waals surface area contributed by atoms with Gasteiger partial charge >= 0.3 is 224 Å². The summed E-state index contributed by atoms with van der Waals surface area (Å²) in [6.45, 7) is 14.5. The molecule has 2 aliphatic heterocycles. The number of aromatic nitrogens is 2. The molecule has 0 aliphatic carbocycles. The van der Waals surface area contributed by atoms with Crippen molar-refractivity contribution in [2.45, 2.75) is 61.3 Å². The molecular weight excluding hydrogens is 896 g/mol. The molecule has 0 radical (unpaired) electrons. The van der Waals surface area contributed by atoms with Crippen LogP contribution in [0.4, 0.5) is 22.7 Å². The number of fused-ring (bicyclic) bond motifs is 5. The van der Waals surface area contributed by atoms with Crippen LogP contribution in [0.1, 0.15) is 63.9 Å². The number of pyridine rings is 1. The molecule has 4 heterocycles. The normalized spacial score (nSPS) is 13.8. The van der Waals surface area contributed by atoms with Crippen LogP contribution in [0.3, 0.4) is 0 Å². The van der Waals surface area contributed by atoms with Crippen LogP contribution in [0.2, 0.25) is 0 Å². The summed E-state index contributed by atoms with van der Waals surface area (Å²) in [4.78, 5) is 10.3. The van der Waals surface area contributed by atoms with Gasteiger partial charge in [0, 0.05) is 11.1 Å². The van der Waals surface area contributed by atoms with Gasteiger partial charge < -0.3 is 9.80 Å². The molecular formula is C58H52N4OTe. The van der Waals surface area contributed by atoms with Gasteiger partial charge in [-0.05, 0) is 29.3 Å². The van der Waals surface area contributed by atoms with Gasteiger partial charge in [-0.1, -0.05) is 91.0 Å². The zero-order chi connectivity index (χ0) is 43.7. The van der Waals surface area contributed by atoms with Gasteiger partial charge in [-0.15, -0.1) is 0 Å². The second-order valence-corrected chi connectivity index (χ2v) is 22.0. The SMILES string of the molecule is CC(C)(C)c1ccc2c(c1)c1ccc(Oc3cccc(N4CN(c5c(-c6ccccc6)cccc5-c5ccccc5)c5ccccc54)c3)cc1n2-c1cc(C(C)(C)C)c2c(n1)C[Te]C2. The Kier molecular flexibility index (Phi) is 9.95. The number of ether oxygens (including phenoxy) is 1. The summed E-state index contributed by atoms with van der Waals surface area (Å²) in [5.74, 6) is 2.58. The van der Waals surface area contributed by atoms with Crippen molar-refractivity contribution in [1.29, 1.82) is 0 Å². The third-order valence-electron chi connectivity index (χ3n) is 12.9. The van der Waals surface area contributed by atoms with Crippen molar-refractivity contribution in [2.75, 3.05) is 16.5 Å². The molecule has 0 N–H and O–H groups in total. The quantitative estimate of drug-likeness (QED) is 0.149. The van der Waals surface area contributed by atoms with E-state index in [1.165, 1.54) is 76.8 Å². The van der Waals surface area contributed by atoms with E-state index in [4.69, 9.17) is 9.72 Å². The predicted octanol–water partition coefficient (Wildman–Crippen LogP) is 14.9. The van der Waals surface area contributed by atoms with E-state index >= 15 is 0 Å². The van der Waals surface area contributed by atoms with Crippen LogP contribution in [-0.4, -0.2) is 37.1 Å². The van der Waals surface area contributed by atoms with Crippen molar-refractivity contribution in [1.82, 2.24) is 9.55 Å². The maximum absolute atomic E-state index is 6.89. The maximum atomic E-state index is 6.89. The molecule has 0 saturated heterocycles. The minimum absolute atomic E-state index is 0.0224. The molecule has 2 aliphatic rings. The summed E-state index contributed by atoms with van der Waals surface area (Å²) < 4.78 is 11.7. The Morgan fingerprint density at radius 2 is 1.19 bits per heavy atom. The van der Waals surface area contributed by atoms with E-state index in [1.807, 2.05) is 0 Å². The van der Waals surface area contributed by atoms with Crippen LogP contribution in [0.15, 0.2) is 170 Å². The molecule has 6 heteroatoms. The van der Waals surface area contributed by atoms with Gasteiger partial charge in [0.2, 0.25) is 0 Å². The zero-order valence-electron chi connectivity index (χ0n) is 37.4. The molecule has 0 bridgehead atoms. The molecule has 5 nitrogen and oxygen atoms in total. The Morgan fingerprint density at radius 1 is 0.531 bits per heavy atom. The number of benzene rings is 7. The van der Waals surface area contributed by atoms with Crippen LogP contribution >= 0.6 is 0 Å². The van der Waals surface area contributed by atoms with Crippen LogP contribution in [0, 0.1) is 0 Å². The molecule has 7 aromatic carbocycles. The van der Waals surface area contributed by atoms with Gasteiger partial charge in [-0.3, -0.25) is 0 Å². The number of anilines is 4. The predicted molar refractivity (Wildman–Crippen MR) is 269 cm³/mol. The van der Waals surface area contributed by atoms with Crippen LogP contribution in [0.5, 0.6) is 11.5 Å². The van der Waals surface area contributed by atoms with Crippen molar-refractivity contribution in [3.05, 3.63) is 192 Å². The van der Waals surface area contributed by atoms with Gasteiger partial charge in [0.05, 0.1) is 17.1 Å². The second kappa shape index (κ2) is 15.7. The Bertz CT molecular complexity index is 3170. The third-order valence-corrected chi connectivity index (χ3v) is 15.7.